The van der Waals surface area contributed by atoms with Crippen LogP contribution in [0.2, 0.25) is 0 Å². The minimum Gasteiger partial charge on any atom is -0.381 e. The Kier molecular flexibility index (Phi) is 3.79. The lowest BCUT2D eigenvalue weighted by atomic mass is 10.1. The zero-order valence-corrected chi connectivity index (χ0v) is 9.32. The first-order chi connectivity index (χ1) is 6.95. The summed E-state index contributed by atoms with van der Waals surface area (Å²) in [5.74, 6) is 0. The van der Waals surface area contributed by atoms with Crippen molar-refractivity contribution in [2.24, 2.45) is 0 Å². The van der Waals surface area contributed by atoms with E-state index in [1.807, 2.05) is 0 Å². The van der Waals surface area contributed by atoms with Crippen LogP contribution in [0.1, 0.15) is 5.56 Å². The predicted octanol–water partition coefficient (Wildman–Crippen LogP) is 4.07. The Morgan fingerprint density at radius 2 is 2.07 bits per heavy atom. The van der Waals surface area contributed by atoms with Crippen LogP contribution in [-0.4, -0.2) is 6.54 Å². The molecule has 0 aliphatic carbocycles. The first-order valence-corrected chi connectivity index (χ1v) is 4.96. The van der Waals surface area contributed by atoms with Crippen LogP contribution in [0.4, 0.5) is 18.9 Å². The summed E-state index contributed by atoms with van der Waals surface area (Å²) in [6.45, 7) is 3.73. The van der Waals surface area contributed by atoms with Gasteiger partial charge in [0, 0.05) is 16.7 Å². The molecule has 0 radical (unpaired) electrons. The Balaban J connectivity index is 3.09. The molecule has 1 nitrogen and oxygen atoms in total. The standard InChI is InChI=1S/C10H9BrF3N/c1-2-5-15-9-4-3-7(11)6-8(9)10(12,13)14/h2-4,6,15H,1,5H2. The largest absolute Gasteiger partial charge is 0.418 e. The number of anilines is 1. The van der Waals surface area contributed by atoms with E-state index >= 15 is 0 Å². The molecule has 0 aliphatic rings. The van der Waals surface area contributed by atoms with Gasteiger partial charge in [-0.15, -0.1) is 6.58 Å². The van der Waals surface area contributed by atoms with E-state index in [0.717, 1.165) is 6.07 Å². The zero-order chi connectivity index (χ0) is 11.5. The van der Waals surface area contributed by atoms with E-state index in [1.54, 1.807) is 6.07 Å². The quantitative estimate of drug-likeness (QED) is 0.823. The van der Waals surface area contributed by atoms with Crippen LogP contribution in [0.5, 0.6) is 0 Å². The van der Waals surface area contributed by atoms with Crippen LogP contribution in [0, 0.1) is 0 Å². The summed E-state index contributed by atoms with van der Waals surface area (Å²) in [6.07, 6.45) is -2.85. The Labute approximate surface area is 94.1 Å². The third-order valence-electron chi connectivity index (χ3n) is 1.72. The van der Waals surface area contributed by atoms with Gasteiger partial charge in [-0.1, -0.05) is 22.0 Å². The van der Waals surface area contributed by atoms with Crippen molar-refractivity contribution in [1.29, 1.82) is 0 Å². The van der Waals surface area contributed by atoms with Gasteiger partial charge >= 0.3 is 6.18 Å². The van der Waals surface area contributed by atoms with Gasteiger partial charge in [-0.05, 0) is 18.2 Å². The number of halogens is 4. The fourth-order valence-electron chi connectivity index (χ4n) is 1.09. The highest BCUT2D eigenvalue weighted by molar-refractivity contribution is 9.10. The normalized spacial score (nSPS) is 11.2. The lowest BCUT2D eigenvalue weighted by Gasteiger charge is -2.13. The predicted molar refractivity (Wildman–Crippen MR) is 57.8 cm³/mol. The third kappa shape index (κ3) is 3.27. The van der Waals surface area contributed by atoms with Gasteiger partial charge < -0.3 is 5.32 Å². The number of benzene rings is 1. The van der Waals surface area contributed by atoms with E-state index in [2.05, 4.69) is 27.8 Å². The van der Waals surface area contributed by atoms with Gasteiger partial charge in [0.1, 0.15) is 0 Å². The average molecular weight is 280 g/mol. The van der Waals surface area contributed by atoms with E-state index < -0.39 is 11.7 Å². The highest BCUT2D eigenvalue weighted by Crippen LogP contribution is 2.36. The second kappa shape index (κ2) is 4.70. The molecule has 5 heteroatoms. The SMILES string of the molecule is C=CCNc1ccc(Br)cc1C(F)(F)F. The molecule has 0 bridgehead atoms. The van der Waals surface area contributed by atoms with Crippen molar-refractivity contribution in [3.8, 4) is 0 Å². The molecule has 0 saturated heterocycles. The van der Waals surface area contributed by atoms with Crippen molar-refractivity contribution in [2.45, 2.75) is 6.18 Å². The Morgan fingerprint density at radius 3 is 2.60 bits per heavy atom. The molecule has 1 aromatic rings. The minimum absolute atomic E-state index is 0.0607. The third-order valence-corrected chi connectivity index (χ3v) is 2.22. The summed E-state index contributed by atoms with van der Waals surface area (Å²) in [5, 5.41) is 2.64. The van der Waals surface area contributed by atoms with Gasteiger partial charge in [-0.3, -0.25) is 0 Å². The van der Waals surface area contributed by atoms with Gasteiger partial charge in [0.05, 0.1) is 5.56 Å². The molecule has 15 heavy (non-hydrogen) atoms. The molecule has 0 saturated carbocycles. The highest BCUT2D eigenvalue weighted by atomic mass is 79.9. The lowest BCUT2D eigenvalue weighted by molar-refractivity contribution is -0.137. The van der Waals surface area contributed by atoms with Crippen LogP contribution in [0.3, 0.4) is 0 Å². The van der Waals surface area contributed by atoms with Crippen molar-refractivity contribution in [3.63, 3.8) is 0 Å². The zero-order valence-electron chi connectivity index (χ0n) is 7.74. The van der Waals surface area contributed by atoms with E-state index in [9.17, 15) is 13.2 Å². The topological polar surface area (TPSA) is 12.0 Å². The molecule has 0 aliphatic heterocycles. The smallest absolute Gasteiger partial charge is 0.381 e. The Hall–Kier alpha value is -0.970. The number of alkyl halides is 3. The first-order valence-electron chi connectivity index (χ1n) is 4.16. The Morgan fingerprint density at radius 1 is 1.40 bits per heavy atom. The molecule has 1 N–H and O–H groups in total. The first kappa shape index (κ1) is 12.1. The molecular weight excluding hydrogens is 271 g/mol. The van der Waals surface area contributed by atoms with E-state index in [0.29, 0.717) is 11.0 Å². The van der Waals surface area contributed by atoms with Crippen LogP contribution in [0.15, 0.2) is 35.3 Å². The minimum atomic E-state index is -4.35. The number of hydrogen-bond donors (Lipinski definition) is 1. The molecular formula is C10H9BrF3N. The maximum Gasteiger partial charge on any atom is 0.418 e. The Bertz CT molecular complexity index is 360. The second-order valence-corrected chi connectivity index (χ2v) is 3.77. The molecule has 0 fully saturated rings. The maximum absolute atomic E-state index is 12.6. The van der Waals surface area contributed by atoms with Gasteiger partial charge in [0.2, 0.25) is 0 Å². The average Bonchev–Trinajstić information content (AvgIpc) is 2.14. The van der Waals surface area contributed by atoms with Crippen molar-refractivity contribution in [3.05, 3.63) is 40.9 Å². The van der Waals surface area contributed by atoms with Crippen molar-refractivity contribution in [1.82, 2.24) is 0 Å². The van der Waals surface area contributed by atoms with Gasteiger partial charge in [0.25, 0.3) is 0 Å². The molecule has 0 heterocycles. The van der Waals surface area contributed by atoms with Crippen molar-refractivity contribution < 1.29 is 13.2 Å². The van der Waals surface area contributed by atoms with Crippen molar-refractivity contribution in [2.75, 3.05) is 11.9 Å². The number of hydrogen-bond acceptors (Lipinski definition) is 1. The van der Waals surface area contributed by atoms with Gasteiger partial charge in [-0.25, -0.2) is 0 Å². The lowest BCUT2D eigenvalue weighted by Crippen LogP contribution is -2.10. The molecule has 0 atom stereocenters. The number of nitrogens with one attached hydrogen (secondary N) is 1. The molecule has 82 valence electrons. The fraction of sp³-hybridized carbons (Fsp3) is 0.200. The van der Waals surface area contributed by atoms with E-state index in [-0.39, 0.29) is 5.69 Å². The molecule has 0 unspecified atom stereocenters. The summed E-state index contributed by atoms with van der Waals surface area (Å²) in [4.78, 5) is 0. The van der Waals surface area contributed by atoms with E-state index in [1.165, 1.54) is 12.1 Å². The van der Waals surface area contributed by atoms with Crippen LogP contribution < -0.4 is 5.32 Å². The molecule has 1 rings (SSSR count). The van der Waals surface area contributed by atoms with Crippen LogP contribution in [-0.2, 0) is 6.18 Å². The number of rotatable bonds is 3. The fourth-order valence-corrected chi connectivity index (χ4v) is 1.45. The summed E-state index contributed by atoms with van der Waals surface area (Å²) < 4.78 is 38.1. The van der Waals surface area contributed by atoms with Gasteiger partial charge in [0.15, 0.2) is 0 Å². The molecule has 0 spiro atoms. The van der Waals surface area contributed by atoms with Crippen LogP contribution in [0.25, 0.3) is 0 Å². The second-order valence-electron chi connectivity index (χ2n) is 2.86. The van der Waals surface area contributed by atoms with Crippen LogP contribution >= 0.6 is 15.9 Å². The van der Waals surface area contributed by atoms with E-state index in [4.69, 9.17) is 0 Å². The summed E-state index contributed by atoms with van der Waals surface area (Å²) in [5.41, 5.74) is -0.621. The van der Waals surface area contributed by atoms with Gasteiger partial charge in [-0.2, -0.15) is 13.2 Å². The molecule has 0 aromatic heterocycles. The summed E-state index contributed by atoms with van der Waals surface area (Å²) >= 11 is 3.01. The maximum atomic E-state index is 12.6. The molecule has 0 amide bonds. The van der Waals surface area contributed by atoms with Crippen molar-refractivity contribution >= 4 is 21.6 Å². The molecule has 1 aromatic carbocycles. The summed E-state index contributed by atoms with van der Waals surface area (Å²) in [7, 11) is 0. The highest BCUT2D eigenvalue weighted by Gasteiger charge is 2.33. The monoisotopic (exact) mass is 279 g/mol. The summed E-state index contributed by atoms with van der Waals surface area (Å²) in [6, 6.07) is 3.99.